The Kier molecular flexibility index (Phi) is 8.62. The SMILES string of the molecule is CCOC.CCOPC(F)c1ccc2sc(C=O)cc2c1. The summed E-state index contributed by atoms with van der Waals surface area (Å²) < 4.78 is 24.4. The normalized spacial score (nSPS) is 12.4. The highest BCUT2D eigenvalue weighted by atomic mass is 32.1. The van der Waals surface area contributed by atoms with Crippen molar-refractivity contribution in [3.63, 3.8) is 0 Å². The zero-order valence-electron chi connectivity index (χ0n) is 12.4. The number of rotatable bonds is 6. The van der Waals surface area contributed by atoms with Gasteiger partial charge in [-0.15, -0.1) is 11.3 Å². The second-order valence-corrected chi connectivity index (χ2v) is 6.20. The third-order valence-electron chi connectivity index (χ3n) is 2.59. The number of carbonyl (C=O) groups excluding carboxylic acids is 1. The molecule has 0 bridgehead atoms. The Morgan fingerprint density at radius 1 is 1.33 bits per heavy atom. The molecule has 0 fully saturated rings. The van der Waals surface area contributed by atoms with Gasteiger partial charge in [-0.2, -0.15) is 0 Å². The summed E-state index contributed by atoms with van der Waals surface area (Å²) in [7, 11) is 1.51. The van der Waals surface area contributed by atoms with E-state index in [2.05, 4.69) is 4.74 Å². The number of hydrogen-bond acceptors (Lipinski definition) is 4. The maximum Gasteiger partial charge on any atom is 0.166 e. The van der Waals surface area contributed by atoms with E-state index >= 15 is 0 Å². The summed E-state index contributed by atoms with van der Waals surface area (Å²) in [4.78, 5) is 11.3. The molecule has 2 unspecified atom stereocenters. The highest BCUT2D eigenvalue weighted by Gasteiger charge is 2.11. The number of thiophene rings is 1. The number of hydrogen-bond donors (Lipinski definition) is 0. The van der Waals surface area contributed by atoms with Crippen LogP contribution in [0.4, 0.5) is 4.39 Å². The maximum atomic E-state index is 13.8. The molecular formula is C15H20FO3PS. The van der Waals surface area contributed by atoms with Crippen molar-refractivity contribution in [2.24, 2.45) is 0 Å². The van der Waals surface area contributed by atoms with Gasteiger partial charge in [-0.3, -0.25) is 4.79 Å². The van der Waals surface area contributed by atoms with Gasteiger partial charge < -0.3 is 9.26 Å². The maximum absolute atomic E-state index is 13.8. The number of methoxy groups -OCH3 is 1. The first kappa shape index (κ1) is 18.2. The van der Waals surface area contributed by atoms with E-state index in [0.29, 0.717) is 17.0 Å². The van der Waals surface area contributed by atoms with Gasteiger partial charge >= 0.3 is 0 Å². The molecule has 0 amide bonds. The summed E-state index contributed by atoms with van der Waals surface area (Å²) in [6.07, 6.45) is 0.819. The van der Waals surface area contributed by atoms with E-state index in [1.807, 2.05) is 19.9 Å². The van der Waals surface area contributed by atoms with E-state index < -0.39 is 5.91 Å². The van der Waals surface area contributed by atoms with E-state index in [1.165, 1.54) is 11.3 Å². The van der Waals surface area contributed by atoms with E-state index in [9.17, 15) is 9.18 Å². The van der Waals surface area contributed by atoms with Crippen LogP contribution in [0.15, 0.2) is 24.3 Å². The smallest absolute Gasteiger partial charge is 0.166 e. The molecule has 0 aliphatic heterocycles. The lowest BCUT2D eigenvalue weighted by molar-refractivity contribution is 0.112. The first-order valence-corrected chi connectivity index (χ1v) is 8.45. The Hall–Kier alpha value is -0.870. The van der Waals surface area contributed by atoms with Crippen LogP contribution in [-0.2, 0) is 9.26 Å². The quantitative estimate of drug-likeness (QED) is 0.554. The van der Waals surface area contributed by atoms with Crippen molar-refractivity contribution in [2.45, 2.75) is 19.8 Å². The molecule has 2 rings (SSSR count). The monoisotopic (exact) mass is 330 g/mol. The summed E-state index contributed by atoms with van der Waals surface area (Å²) in [5, 5.41) is 0.915. The summed E-state index contributed by atoms with van der Waals surface area (Å²) >= 11 is 1.42. The van der Waals surface area contributed by atoms with Gasteiger partial charge in [-0.1, -0.05) is 6.07 Å². The van der Waals surface area contributed by atoms with Crippen LogP contribution in [0, 0.1) is 0 Å². The standard InChI is InChI=1S/C12H12FO2PS.C3H8O/c1-2-15-16-12(13)8-3-4-11-9(5-8)6-10(7-14)17-11;1-3-4-2/h3-7,12,16H,2H2,1H3;3H2,1-2H3. The summed E-state index contributed by atoms with van der Waals surface area (Å²) in [6.45, 7) is 5.15. The number of benzene rings is 1. The van der Waals surface area contributed by atoms with E-state index in [-0.39, 0.29) is 8.81 Å². The van der Waals surface area contributed by atoms with Gasteiger partial charge in [-0.25, -0.2) is 4.39 Å². The molecule has 1 heterocycles. The van der Waals surface area contributed by atoms with Crippen molar-refractivity contribution in [3.8, 4) is 0 Å². The van der Waals surface area contributed by atoms with Crippen molar-refractivity contribution in [2.75, 3.05) is 20.3 Å². The van der Waals surface area contributed by atoms with Crippen molar-refractivity contribution < 1.29 is 18.4 Å². The largest absolute Gasteiger partial charge is 0.385 e. The van der Waals surface area contributed by atoms with Crippen LogP contribution >= 0.6 is 20.1 Å². The molecule has 2 atom stereocenters. The fourth-order valence-electron chi connectivity index (χ4n) is 1.52. The lowest BCUT2D eigenvalue weighted by atomic mass is 10.2. The number of ether oxygens (including phenoxy) is 1. The third kappa shape index (κ3) is 5.79. The Morgan fingerprint density at radius 3 is 2.62 bits per heavy atom. The molecule has 21 heavy (non-hydrogen) atoms. The van der Waals surface area contributed by atoms with Gasteiger partial charge in [0.15, 0.2) is 12.2 Å². The Labute approximate surface area is 130 Å². The van der Waals surface area contributed by atoms with Gasteiger partial charge in [-0.05, 0) is 43.0 Å². The minimum Gasteiger partial charge on any atom is -0.385 e. The average molecular weight is 330 g/mol. The number of fused-ring (bicyclic) bond motifs is 1. The van der Waals surface area contributed by atoms with Crippen LogP contribution < -0.4 is 0 Å². The minimum atomic E-state index is -1.08. The number of alkyl halides is 1. The molecule has 1 aromatic carbocycles. The van der Waals surface area contributed by atoms with Crippen LogP contribution in [0.3, 0.4) is 0 Å². The van der Waals surface area contributed by atoms with Gasteiger partial charge in [0.25, 0.3) is 0 Å². The molecule has 0 aliphatic carbocycles. The molecular weight excluding hydrogens is 310 g/mol. The van der Waals surface area contributed by atoms with Crippen molar-refractivity contribution in [1.29, 1.82) is 0 Å². The topological polar surface area (TPSA) is 35.5 Å². The molecule has 0 saturated carbocycles. The second-order valence-electron chi connectivity index (χ2n) is 4.05. The summed E-state index contributed by atoms with van der Waals surface area (Å²) in [5.41, 5.74) is 0.611. The Morgan fingerprint density at radius 2 is 2.05 bits per heavy atom. The molecule has 0 saturated heterocycles. The molecule has 1 aromatic heterocycles. The fourth-order valence-corrected chi connectivity index (χ4v) is 3.01. The number of carbonyl (C=O) groups is 1. The molecule has 116 valence electrons. The van der Waals surface area contributed by atoms with Gasteiger partial charge in [0.1, 0.15) is 0 Å². The van der Waals surface area contributed by atoms with Crippen molar-refractivity contribution >= 4 is 36.5 Å². The Bertz CT molecular complexity index is 557. The van der Waals surface area contributed by atoms with Crippen LogP contribution in [-0.4, -0.2) is 26.6 Å². The Balaban J connectivity index is 0.000000491. The van der Waals surface area contributed by atoms with Crippen LogP contribution in [0.5, 0.6) is 0 Å². The van der Waals surface area contributed by atoms with Crippen LogP contribution in [0.25, 0.3) is 10.1 Å². The molecule has 2 aromatic rings. The highest BCUT2D eigenvalue weighted by molar-refractivity contribution is 7.32. The molecule has 0 aliphatic rings. The number of halogens is 1. The van der Waals surface area contributed by atoms with E-state index in [4.69, 9.17) is 4.52 Å². The predicted molar refractivity (Wildman–Crippen MR) is 88.6 cm³/mol. The molecule has 0 spiro atoms. The molecule has 3 nitrogen and oxygen atoms in total. The molecule has 0 N–H and O–H groups in total. The zero-order valence-corrected chi connectivity index (χ0v) is 14.2. The summed E-state index contributed by atoms with van der Waals surface area (Å²) in [6, 6.07) is 7.18. The minimum absolute atomic E-state index is 0.171. The number of aldehydes is 1. The van der Waals surface area contributed by atoms with Gasteiger partial charge in [0, 0.05) is 25.0 Å². The first-order chi connectivity index (χ1) is 10.2. The van der Waals surface area contributed by atoms with Crippen molar-refractivity contribution in [3.05, 3.63) is 34.7 Å². The predicted octanol–water partition coefficient (Wildman–Crippen LogP) is 4.96. The lowest BCUT2D eigenvalue weighted by Crippen LogP contribution is -1.86. The van der Waals surface area contributed by atoms with E-state index in [0.717, 1.165) is 23.0 Å². The lowest BCUT2D eigenvalue weighted by Gasteiger charge is -2.07. The fraction of sp³-hybridized carbons (Fsp3) is 0.400. The van der Waals surface area contributed by atoms with Gasteiger partial charge in [0.05, 0.1) is 13.7 Å². The average Bonchev–Trinajstić information content (AvgIpc) is 2.94. The zero-order chi connectivity index (χ0) is 15.7. The van der Waals surface area contributed by atoms with E-state index in [1.54, 1.807) is 25.3 Å². The van der Waals surface area contributed by atoms with Crippen molar-refractivity contribution in [1.82, 2.24) is 0 Å². The summed E-state index contributed by atoms with van der Waals surface area (Å²) in [5.74, 6) is -1.08. The first-order valence-electron chi connectivity index (χ1n) is 6.65. The highest BCUT2D eigenvalue weighted by Crippen LogP contribution is 2.38. The third-order valence-corrected chi connectivity index (χ3v) is 4.63. The van der Waals surface area contributed by atoms with Gasteiger partial charge in [0.2, 0.25) is 0 Å². The molecule has 6 heteroatoms. The molecule has 0 radical (unpaired) electrons. The van der Waals surface area contributed by atoms with Crippen LogP contribution in [0.2, 0.25) is 0 Å². The second kappa shape index (κ2) is 9.96. The van der Waals surface area contributed by atoms with Crippen LogP contribution in [0.1, 0.15) is 35.0 Å².